The highest BCUT2D eigenvalue weighted by atomic mass is 16.5. The molecule has 1 amide bonds. The predicted molar refractivity (Wildman–Crippen MR) is 207 cm³/mol. The zero-order valence-corrected chi connectivity index (χ0v) is 31.0. The number of piperidine rings is 1. The number of benzene rings is 2. The van der Waals surface area contributed by atoms with Crippen LogP contribution in [0.25, 0.3) is 22.3 Å². The molecule has 5 aliphatic rings. The van der Waals surface area contributed by atoms with Gasteiger partial charge in [0.2, 0.25) is 5.91 Å². The number of nitrogen functional groups attached to an aromatic ring is 1. The Morgan fingerprint density at radius 3 is 2.45 bits per heavy atom. The Kier molecular flexibility index (Phi) is 10.1. The lowest BCUT2D eigenvalue weighted by Crippen LogP contribution is -2.46. The van der Waals surface area contributed by atoms with E-state index in [4.69, 9.17) is 15.6 Å². The molecule has 0 unspecified atom stereocenters. The second-order valence-corrected chi connectivity index (χ2v) is 16.6. The van der Waals surface area contributed by atoms with E-state index in [2.05, 4.69) is 33.7 Å². The Morgan fingerprint density at radius 2 is 1.75 bits per heavy atom. The largest absolute Gasteiger partial charge is 0.457 e. The molecule has 53 heavy (non-hydrogen) atoms. The molecule has 3 N–H and O–H groups in total. The molecular formula is C43H53N7O3. The average Bonchev–Trinajstić information content (AvgIpc) is 3.55. The number of carbonyl (C=O) groups excluding carboxylic acids is 2. The number of para-hydroxylation sites is 1. The minimum absolute atomic E-state index is 0.0663. The number of nitrogens with two attached hydrogens (primary N) is 1. The molecule has 10 heteroatoms. The maximum Gasteiger partial charge on any atom is 0.222 e. The fourth-order valence-electron chi connectivity index (χ4n) is 10.4. The van der Waals surface area contributed by atoms with Crippen molar-refractivity contribution in [1.82, 2.24) is 30.0 Å². The van der Waals surface area contributed by atoms with Gasteiger partial charge in [-0.05, 0) is 124 Å². The molecule has 5 fully saturated rings. The van der Waals surface area contributed by atoms with Crippen molar-refractivity contribution in [3.05, 3.63) is 73.1 Å². The van der Waals surface area contributed by atoms with Crippen molar-refractivity contribution >= 4 is 28.5 Å². The Hall–Kier alpha value is -4.57. The predicted octanol–water partition coefficient (Wildman–Crippen LogP) is 7.55. The smallest absolute Gasteiger partial charge is 0.222 e. The van der Waals surface area contributed by atoms with Gasteiger partial charge < -0.3 is 20.7 Å². The number of rotatable bonds is 14. The number of hydrogen-bond donors (Lipinski definition) is 2. The van der Waals surface area contributed by atoms with Gasteiger partial charge in [-0.25, -0.2) is 14.6 Å². The van der Waals surface area contributed by atoms with Crippen LogP contribution in [0.15, 0.2) is 67.5 Å². The standard InChI is InChI=1S/C43H53N7O3/c1-3-35(51)23-33-22-32(9-10-37(33)53-36-7-5-4-6-8-36)39-38-40(44)46-27-47-41(38)50(48-39)34-12-16-49(17-13-34)18-15-45-42(52)28(2)11-14-43-24-29-19-30(25-43)21-31(20-29)26-43/h3-10,22,27-31,34H,1,11-21,23-26H2,2H3,(H,45,52)(H2,44,46,47)/t28-,29?,30?,31?,43?/m0/s1. The molecule has 1 saturated heterocycles. The fraction of sp³-hybridized carbons (Fsp3) is 0.512. The Morgan fingerprint density at radius 1 is 1.04 bits per heavy atom. The molecule has 4 saturated carbocycles. The second-order valence-electron chi connectivity index (χ2n) is 16.6. The van der Waals surface area contributed by atoms with Crippen molar-refractivity contribution in [2.45, 2.75) is 83.6 Å². The highest BCUT2D eigenvalue weighted by Gasteiger charge is 2.50. The van der Waals surface area contributed by atoms with E-state index in [1.165, 1.54) is 57.3 Å². The van der Waals surface area contributed by atoms with Gasteiger partial charge in [-0.15, -0.1) is 0 Å². The summed E-state index contributed by atoms with van der Waals surface area (Å²) in [4.78, 5) is 37.0. The number of amides is 1. The van der Waals surface area contributed by atoms with E-state index in [-0.39, 0.29) is 30.1 Å². The molecule has 4 bridgehead atoms. The summed E-state index contributed by atoms with van der Waals surface area (Å²) < 4.78 is 8.19. The summed E-state index contributed by atoms with van der Waals surface area (Å²) in [5.74, 6) is 4.69. The molecule has 3 heterocycles. The van der Waals surface area contributed by atoms with Crippen LogP contribution in [0, 0.1) is 29.1 Å². The summed E-state index contributed by atoms with van der Waals surface area (Å²) in [5, 5.41) is 9.07. The van der Waals surface area contributed by atoms with Crippen molar-refractivity contribution in [2.75, 3.05) is 31.9 Å². The van der Waals surface area contributed by atoms with Crippen LogP contribution >= 0.6 is 0 Å². The first kappa shape index (κ1) is 35.5. The molecule has 1 atom stereocenters. The van der Waals surface area contributed by atoms with E-state index < -0.39 is 0 Å². The SMILES string of the molecule is C=CC(=O)Cc1cc(-c2nn(C3CCN(CCNC(=O)[C@@H](C)CCC45CC6CC(CC(C6)C4)C5)CC3)c3ncnc(N)c23)ccc1Oc1ccccc1. The molecule has 4 aliphatic carbocycles. The monoisotopic (exact) mass is 715 g/mol. The van der Waals surface area contributed by atoms with E-state index in [0.29, 0.717) is 46.0 Å². The Bertz CT molecular complexity index is 1930. The van der Waals surface area contributed by atoms with Crippen LogP contribution in [0.4, 0.5) is 5.82 Å². The lowest BCUT2D eigenvalue weighted by Gasteiger charge is -2.57. The van der Waals surface area contributed by atoms with Crippen LogP contribution in [0.3, 0.4) is 0 Å². The number of allylic oxidation sites excluding steroid dienone is 1. The van der Waals surface area contributed by atoms with Crippen molar-refractivity contribution < 1.29 is 14.3 Å². The highest BCUT2D eigenvalue weighted by molar-refractivity contribution is 5.99. The number of nitrogens with one attached hydrogen (secondary N) is 1. The van der Waals surface area contributed by atoms with Gasteiger partial charge in [-0.3, -0.25) is 9.59 Å². The summed E-state index contributed by atoms with van der Waals surface area (Å²) in [7, 11) is 0. The minimum atomic E-state index is -0.105. The molecule has 10 nitrogen and oxygen atoms in total. The third-order valence-electron chi connectivity index (χ3n) is 12.8. The highest BCUT2D eigenvalue weighted by Crippen LogP contribution is 2.61. The normalized spacial score (nSPS) is 24.7. The number of anilines is 1. The lowest BCUT2D eigenvalue weighted by atomic mass is 9.48. The van der Waals surface area contributed by atoms with E-state index in [1.54, 1.807) is 0 Å². The van der Waals surface area contributed by atoms with Crippen LogP contribution in [0.5, 0.6) is 11.5 Å². The first-order valence-electron chi connectivity index (χ1n) is 19.8. The molecule has 0 radical (unpaired) electrons. The number of aromatic nitrogens is 4. The molecule has 2 aromatic carbocycles. The summed E-state index contributed by atoms with van der Waals surface area (Å²) in [6, 6.07) is 15.4. The molecule has 4 aromatic rings. The quantitative estimate of drug-likeness (QED) is 0.128. The van der Waals surface area contributed by atoms with Gasteiger partial charge in [-0.1, -0.05) is 31.7 Å². The maximum atomic E-state index is 13.1. The summed E-state index contributed by atoms with van der Waals surface area (Å²) in [6.45, 7) is 9.10. The van der Waals surface area contributed by atoms with Crippen LogP contribution in [-0.4, -0.2) is 62.5 Å². The average molecular weight is 716 g/mol. The fourth-order valence-corrected chi connectivity index (χ4v) is 10.4. The van der Waals surface area contributed by atoms with E-state index in [0.717, 1.165) is 67.8 Å². The zero-order chi connectivity index (χ0) is 36.5. The number of fused-ring (bicyclic) bond motifs is 1. The van der Waals surface area contributed by atoms with E-state index >= 15 is 0 Å². The summed E-state index contributed by atoms with van der Waals surface area (Å²) in [6.07, 6.45) is 15.7. The number of nitrogens with zero attached hydrogens (tertiary/aromatic N) is 5. The van der Waals surface area contributed by atoms with Gasteiger partial charge in [0, 0.05) is 49.6 Å². The number of likely N-dealkylation sites (tertiary alicyclic amines) is 1. The van der Waals surface area contributed by atoms with Crippen molar-refractivity contribution in [2.24, 2.45) is 29.1 Å². The topological polar surface area (TPSA) is 128 Å². The number of ketones is 1. The molecule has 9 rings (SSSR count). The van der Waals surface area contributed by atoms with Crippen LogP contribution in [-0.2, 0) is 16.0 Å². The Balaban J connectivity index is 0.892. The van der Waals surface area contributed by atoms with Crippen LogP contribution in [0.1, 0.15) is 82.7 Å². The maximum absolute atomic E-state index is 13.1. The van der Waals surface area contributed by atoms with E-state index in [9.17, 15) is 9.59 Å². The summed E-state index contributed by atoms with van der Waals surface area (Å²) in [5.41, 5.74) is 9.93. The molecular weight excluding hydrogens is 663 g/mol. The van der Waals surface area contributed by atoms with Crippen molar-refractivity contribution in [1.29, 1.82) is 0 Å². The lowest BCUT2D eigenvalue weighted by molar-refractivity contribution is -0.125. The van der Waals surface area contributed by atoms with Gasteiger partial charge in [0.05, 0.1) is 11.4 Å². The van der Waals surface area contributed by atoms with Crippen LogP contribution in [0.2, 0.25) is 0 Å². The van der Waals surface area contributed by atoms with Gasteiger partial charge in [-0.2, -0.15) is 5.10 Å². The first-order chi connectivity index (χ1) is 25.8. The number of ether oxygens (including phenoxy) is 1. The Labute approximate surface area is 312 Å². The van der Waals surface area contributed by atoms with Gasteiger partial charge >= 0.3 is 0 Å². The van der Waals surface area contributed by atoms with Crippen LogP contribution < -0.4 is 15.8 Å². The van der Waals surface area contributed by atoms with Gasteiger partial charge in [0.1, 0.15) is 29.3 Å². The van der Waals surface area contributed by atoms with Gasteiger partial charge in [0.25, 0.3) is 0 Å². The zero-order valence-electron chi connectivity index (χ0n) is 31.0. The van der Waals surface area contributed by atoms with Crippen molar-refractivity contribution in [3.63, 3.8) is 0 Å². The number of carbonyl (C=O) groups is 2. The van der Waals surface area contributed by atoms with E-state index in [1.807, 2.05) is 53.2 Å². The number of hydrogen-bond acceptors (Lipinski definition) is 8. The third-order valence-corrected chi connectivity index (χ3v) is 12.8. The van der Waals surface area contributed by atoms with Gasteiger partial charge in [0.15, 0.2) is 11.4 Å². The minimum Gasteiger partial charge on any atom is -0.457 e. The van der Waals surface area contributed by atoms with Crippen molar-refractivity contribution in [3.8, 4) is 22.8 Å². The molecule has 2 aromatic heterocycles. The molecule has 0 spiro atoms. The second kappa shape index (κ2) is 15.0. The third kappa shape index (κ3) is 7.61. The summed E-state index contributed by atoms with van der Waals surface area (Å²) >= 11 is 0. The molecule has 1 aliphatic heterocycles. The first-order valence-corrected chi connectivity index (χ1v) is 19.8. The molecule has 278 valence electrons.